The highest BCUT2D eigenvalue weighted by Crippen LogP contribution is 2.26. The number of amides is 1. The van der Waals surface area contributed by atoms with Gasteiger partial charge in [-0.2, -0.15) is 5.26 Å². The number of aliphatic imine (C=N–C) groups is 1. The lowest BCUT2D eigenvalue weighted by atomic mass is 10.1. The Kier molecular flexibility index (Phi) is 6.24. The molecule has 0 aromatic carbocycles. The van der Waals surface area contributed by atoms with Gasteiger partial charge in [0.05, 0.1) is 11.4 Å². The standard InChI is InChI=1S/C19H21BrN6O/c1-13-12-24-19(23-8-4-10-26-9-3-6-16(26)27)25-17(13)14(11-21)18-15(20)5-2-7-22-18/h2,5,7,12H,3-4,6,8-10H2,1H3,(H2,23,24,25). The molecule has 8 heteroatoms. The van der Waals surface area contributed by atoms with Gasteiger partial charge in [-0.1, -0.05) is 0 Å². The predicted molar refractivity (Wildman–Crippen MR) is 107 cm³/mol. The van der Waals surface area contributed by atoms with Gasteiger partial charge >= 0.3 is 0 Å². The Balaban J connectivity index is 1.71. The summed E-state index contributed by atoms with van der Waals surface area (Å²) in [6, 6.07) is 5.91. The van der Waals surface area contributed by atoms with Gasteiger partial charge in [0.1, 0.15) is 11.6 Å². The highest BCUT2D eigenvalue weighted by molar-refractivity contribution is 9.10. The molecule has 1 saturated heterocycles. The van der Waals surface area contributed by atoms with E-state index in [1.54, 1.807) is 6.20 Å². The first-order valence-electron chi connectivity index (χ1n) is 8.88. The first kappa shape index (κ1) is 19.1. The minimum Gasteiger partial charge on any atom is -0.343 e. The summed E-state index contributed by atoms with van der Waals surface area (Å²) in [7, 11) is 0. The van der Waals surface area contributed by atoms with Crippen molar-refractivity contribution in [1.29, 1.82) is 5.26 Å². The van der Waals surface area contributed by atoms with Crippen LogP contribution in [0, 0.1) is 11.3 Å². The fraction of sp³-hybridized carbons (Fsp3) is 0.368. The molecule has 140 valence electrons. The number of carbonyl (C=O) groups excluding carboxylic acids is 1. The summed E-state index contributed by atoms with van der Waals surface area (Å²) in [5.41, 5.74) is 2.62. The second-order valence-electron chi connectivity index (χ2n) is 6.36. The van der Waals surface area contributed by atoms with Gasteiger partial charge in [-0.15, -0.1) is 0 Å². The van der Waals surface area contributed by atoms with E-state index in [-0.39, 0.29) is 5.91 Å². The third-order valence-electron chi connectivity index (χ3n) is 4.45. The van der Waals surface area contributed by atoms with E-state index in [9.17, 15) is 10.1 Å². The van der Waals surface area contributed by atoms with E-state index < -0.39 is 0 Å². The summed E-state index contributed by atoms with van der Waals surface area (Å²) in [5.74, 6) is 0.822. The van der Waals surface area contributed by atoms with E-state index in [1.807, 2.05) is 30.2 Å². The molecule has 0 bridgehead atoms. The van der Waals surface area contributed by atoms with Crippen molar-refractivity contribution >= 4 is 33.4 Å². The Morgan fingerprint density at radius 2 is 2.37 bits per heavy atom. The van der Waals surface area contributed by atoms with Crippen LogP contribution < -0.4 is 10.6 Å². The van der Waals surface area contributed by atoms with Crippen LogP contribution in [-0.2, 0) is 4.79 Å². The van der Waals surface area contributed by atoms with Gasteiger partial charge in [-0.3, -0.25) is 14.8 Å². The second kappa shape index (κ2) is 8.82. The number of nitrogens with one attached hydrogen (secondary N) is 2. The lowest BCUT2D eigenvalue weighted by Crippen LogP contribution is -2.39. The second-order valence-corrected chi connectivity index (χ2v) is 7.21. The molecule has 1 aromatic heterocycles. The lowest BCUT2D eigenvalue weighted by Gasteiger charge is -2.21. The van der Waals surface area contributed by atoms with Crippen molar-refractivity contribution < 1.29 is 4.79 Å². The third kappa shape index (κ3) is 4.55. The fourth-order valence-corrected chi connectivity index (χ4v) is 3.49. The van der Waals surface area contributed by atoms with Gasteiger partial charge in [0, 0.05) is 42.9 Å². The summed E-state index contributed by atoms with van der Waals surface area (Å²) in [4.78, 5) is 22.4. The summed E-state index contributed by atoms with van der Waals surface area (Å²) >= 11 is 3.45. The molecule has 0 unspecified atom stereocenters. The van der Waals surface area contributed by atoms with Crippen LogP contribution >= 0.6 is 15.9 Å². The number of hydrogen-bond acceptors (Lipinski definition) is 4. The van der Waals surface area contributed by atoms with Crippen molar-refractivity contribution in [2.75, 3.05) is 19.6 Å². The van der Waals surface area contributed by atoms with Crippen LogP contribution in [0.3, 0.4) is 0 Å². The number of carbonyl (C=O) groups is 1. The monoisotopic (exact) mass is 428 g/mol. The first-order chi connectivity index (χ1) is 13.1. The zero-order chi connectivity index (χ0) is 19.2. The van der Waals surface area contributed by atoms with Crippen molar-refractivity contribution in [3.63, 3.8) is 0 Å². The molecule has 2 aliphatic rings. The first-order valence-corrected chi connectivity index (χ1v) is 9.67. The Bertz CT molecular complexity index is 867. The Morgan fingerprint density at radius 3 is 3.07 bits per heavy atom. The summed E-state index contributed by atoms with van der Waals surface area (Å²) < 4.78 is 0.760. The number of allylic oxidation sites excluding steroid dienone is 2. The van der Waals surface area contributed by atoms with Crippen LogP contribution in [0.4, 0.5) is 0 Å². The van der Waals surface area contributed by atoms with Crippen molar-refractivity contribution in [2.45, 2.75) is 26.2 Å². The van der Waals surface area contributed by atoms with Crippen LogP contribution in [0.1, 0.15) is 31.9 Å². The summed E-state index contributed by atoms with van der Waals surface area (Å²) in [5, 5.41) is 16.0. The van der Waals surface area contributed by atoms with E-state index in [0.29, 0.717) is 35.9 Å². The SMILES string of the molecule is CC1=CNC(=NCCCN2CCCC2=O)NC1=C(C#N)c1ncccc1Br. The molecule has 0 radical (unpaired) electrons. The van der Waals surface area contributed by atoms with Crippen LogP contribution in [0.15, 0.2) is 45.3 Å². The van der Waals surface area contributed by atoms with E-state index in [4.69, 9.17) is 0 Å². The van der Waals surface area contributed by atoms with Gasteiger partial charge in [-0.05, 0) is 53.4 Å². The maximum atomic E-state index is 11.6. The number of pyridine rings is 1. The van der Waals surface area contributed by atoms with Crippen molar-refractivity contribution in [3.8, 4) is 6.07 Å². The highest BCUT2D eigenvalue weighted by Gasteiger charge is 2.20. The zero-order valence-electron chi connectivity index (χ0n) is 15.1. The minimum atomic E-state index is 0.236. The van der Waals surface area contributed by atoms with Gasteiger partial charge in [0.25, 0.3) is 0 Å². The molecule has 7 nitrogen and oxygen atoms in total. The van der Waals surface area contributed by atoms with Crippen LogP contribution in [0.5, 0.6) is 0 Å². The number of nitrogens with zero attached hydrogens (tertiary/aromatic N) is 4. The Hall–Kier alpha value is -2.66. The number of halogens is 1. The van der Waals surface area contributed by atoms with E-state index >= 15 is 0 Å². The summed E-state index contributed by atoms with van der Waals surface area (Å²) in [6.45, 7) is 4.09. The lowest BCUT2D eigenvalue weighted by molar-refractivity contribution is -0.127. The molecule has 3 heterocycles. The number of rotatable bonds is 5. The van der Waals surface area contributed by atoms with Crippen molar-refractivity contribution in [1.82, 2.24) is 20.5 Å². The van der Waals surface area contributed by atoms with E-state index in [2.05, 4.69) is 42.6 Å². The van der Waals surface area contributed by atoms with Gasteiger partial charge < -0.3 is 15.5 Å². The number of guanidine groups is 1. The molecule has 0 atom stereocenters. The number of likely N-dealkylation sites (tertiary alicyclic amines) is 1. The topological polar surface area (TPSA) is 93.4 Å². The molecule has 0 aliphatic carbocycles. The molecule has 3 rings (SSSR count). The molecule has 1 amide bonds. The summed E-state index contributed by atoms with van der Waals surface area (Å²) in [6.07, 6.45) is 5.90. The third-order valence-corrected chi connectivity index (χ3v) is 5.09. The Labute approximate surface area is 167 Å². The minimum absolute atomic E-state index is 0.236. The van der Waals surface area contributed by atoms with E-state index in [1.165, 1.54) is 0 Å². The number of hydrogen-bond donors (Lipinski definition) is 2. The Morgan fingerprint density at radius 1 is 1.52 bits per heavy atom. The maximum absolute atomic E-state index is 11.6. The number of aromatic nitrogens is 1. The predicted octanol–water partition coefficient (Wildman–Crippen LogP) is 2.54. The smallest absolute Gasteiger partial charge is 0.222 e. The molecule has 2 aliphatic heterocycles. The van der Waals surface area contributed by atoms with Crippen molar-refractivity contribution in [3.05, 3.63) is 46.0 Å². The molecule has 1 aromatic rings. The average Bonchev–Trinajstić information content (AvgIpc) is 3.08. The number of nitriles is 1. The van der Waals surface area contributed by atoms with Crippen LogP contribution in [0.2, 0.25) is 0 Å². The fourth-order valence-electron chi connectivity index (χ4n) is 3.04. The molecule has 0 saturated carbocycles. The van der Waals surface area contributed by atoms with E-state index in [0.717, 1.165) is 36.0 Å². The maximum Gasteiger partial charge on any atom is 0.222 e. The van der Waals surface area contributed by atoms with Gasteiger partial charge in [0.15, 0.2) is 5.96 Å². The highest BCUT2D eigenvalue weighted by atomic mass is 79.9. The largest absolute Gasteiger partial charge is 0.343 e. The quantitative estimate of drug-likeness (QED) is 0.554. The molecular weight excluding hydrogens is 408 g/mol. The average molecular weight is 429 g/mol. The molecular formula is C19H21BrN6O. The molecule has 2 N–H and O–H groups in total. The van der Waals surface area contributed by atoms with Crippen LogP contribution in [0.25, 0.3) is 5.57 Å². The molecule has 1 fully saturated rings. The van der Waals surface area contributed by atoms with Gasteiger partial charge in [0.2, 0.25) is 5.91 Å². The zero-order valence-corrected chi connectivity index (χ0v) is 16.7. The van der Waals surface area contributed by atoms with Crippen molar-refractivity contribution in [2.24, 2.45) is 4.99 Å². The molecule has 27 heavy (non-hydrogen) atoms. The molecule has 0 spiro atoms. The van der Waals surface area contributed by atoms with Crippen LogP contribution in [-0.4, -0.2) is 41.4 Å². The van der Waals surface area contributed by atoms with Gasteiger partial charge in [-0.25, -0.2) is 0 Å². The normalized spacial score (nSPS) is 20.0.